The molecule has 1 heterocycles. The fourth-order valence-corrected chi connectivity index (χ4v) is 2.55. The Morgan fingerprint density at radius 2 is 2.40 bits per heavy atom. The van der Waals surface area contributed by atoms with E-state index in [0.717, 1.165) is 0 Å². The Bertz CT molecular complexity index is 657. The Kier molecular flexibility index (Phi) is 4.70. The molecule has 0 spiro atoms. The van der Waals surface area contributed by atoms with Crippen molar-refractivity contribution in [1.29, 1.82) is 0 Å². The molecule has 0 unspecified atom stereocenters. The number of hydrogen-bond donors (Lipinski definition) is 2. The SMILES string of the molecule is COC(=O)c1c(Br)cccc1C=NNc1nc(N)cs1. The first-order valence-corrected chi connectivity index (χ1v) is 7.16. The molecule has 20 heavy (non-hydrogen) atoms. The van der Waals surface area contributed by atoms with E-state index in [9.17, 15) is 4.79 Å². The summed E-state index contributed by atoms with van der Waals surface area (Å²) in [6.45, 7) is 0. The minimum absolute atomic E-state index is 0.416. The minimum Gasteiger partial charge on any atom is -0.465 e. The largest absolute Gasteiger partial charge is 0.465 e. The zero-order valence-electron chi connectivity index (χ0n) is 10.5. The van der Waals surface area contributed by atoms with E-state index in [0.29, 0.717) is 26.5 Å². The van der Waals surface area contributed by atoms with E-state index in [-0.39, 0.29) is 0 Å². The normalized spacial score (nSPS) is 10.7. The highest BCUT2D eigenvalue weighted by molar-refractivity contribution is 9.10. The van der Waals surface area contributed by atoms with Crippen LogP contribution in [-0.2, 0) is 4.74 Å². The topological polar surface area (TPSA) is 89.6 Å². The van der Waals surface area contributed by atoms with Crippen LogP contribution in [0.25, 0.3) is 0 Å². The average molecular weight is 355 g/mol. The van der Waals surface area contributed by atoms with Crippen LogP contribution in [-0.4, -0.2) is 24.3 Å². The number of thiazole rings is 1. The molecule has 1 aromatic carbocycles. The number of carbonyl (C=O) groups excluding carboxylic acids is 1. The Labute approximate surface area is 127 Å². The van der Waals surface area contributed by atoms with Crippen molar-refractivity contribution in [2.45, 2.75) is 0 Å². The highest BCUT2D eigenvalue weighted by Crippen LogP contribution is 2.21. The van der Waals surface area contributed by atoms with Crippen molar-refractivity contribution in [3.05, 3.63) is 39.2 Å². The van der Waals surface area contributed by atoms with Gasteiger partial charge in [-0.2, -0.15) is 5.10 Å². The molecule has 0 fully saturated rings. The lowest BCUT2D eigenvalue weighted by atomic mass is 10.1. The van der Waals surface area contributed by atoms with E-state index < -0.39 is 5.97 Å². The summed E-state index contributed by atoms with van der Waals surface area (Å²) < 4.78 is 5.39. The number of esters is 1. The smallest absolute Gasteiger partial charge is 0.339 e. The number of benzene rings is 1. The van der Waals surface area contributed by atoms with Gasteiger partial charge in [0.15, 0.2) is 0 Å². The zero-order valence-corrected chi connectivity index (χ0v) is 12.9. The number of rotatable bonds is 4. The van der Waals surface area contributed by atoms with Crippen molar-refractivity contribution in [1.82, 2.24) is 4.98 Å². The van der Waals surface area contributed by atoms with Gasteiger partial charge in [-0.05, 0) is 22.0 Å². The van der Waals surface area contributed by atoms with Crippen LogP contribution < -0.4 is 11.2 Å². The van der Waals surface area contributed by atoms with Gasteiger partial charge in [-0.25, -0.2) is 9.78 Å². The molecule has 2 rings (SSSR count). The van der Waals surface area contributed by atoms with E-state index >= 15 is 0 Å². The van der Waals surface area contributed by atoms with E-state index in [4.69, 9.17) is 10.5 Å². The monoisotopic (exact) mass is 354 g/mol. The average Bonchev–Trinajstić information content (AvgIpc) is 2.84. The van der Waals surface area contributed by atoms with Gasteiger partial charge in [-0.1, -0.05) is 12.1 Å². The minimum atomic E-state index is -0.433. The summed E-state index contributed by atoms with van der Waals surface area (Å²) in [5, 5.41) is 6.31. The fraction of sp³-hybridized carbons (Fsp3) is 0.0833. The molecule has 0 atom stereocenters. The molecule has 1 aromatic heterocycles. The van der Waals surface area contributed by atoms with Gasteiger partial charge < -0.3 is 10.5 Å². The van der Waals surface area contributed by atoms with Gasteiger partial charge in [-0.3, -0.25) is 5.43 Å². The van der Waals surface area contributed by atoms with Crippen LogP contribution in [0.3, 0.4) is 0 Å². The molecule has 0 amide bonds. The Morgan fingerprint density at radius 3 is 3.05 bits per heavy atom. The predicted octanol–water partition coefficient (Wildman–Crippen LogP) is 2.72. The van der Waals surface area contributed by atoms with Gasteiger partial charge in [0.25, 0.3) is 0 Å². The summed E-state index contributed by atoms with van der Waals surface area (Å²) in [4.78, 5) is 15.7. The second-order valence-corrected chi connectivity index (χ2v) is 5.36. The van der Waals surface area contributed by atoms with Gasteiger partial charge in [0.05, 0.1) is 18.9 Å². The Morgan fingerprint density at radius 1 is 1.60 bits per heavy atom. The molecule has 104 valence electrons. The van der Waals surface area contributed by atoms with E-state index in [1.807, 2.05) is 0 Å². The van der Waals surface area contributed by atoms with Crippen molar-refractivity contribution in [3.63, 3.8) is 0 Å². The fourth-order valence-electron chi connectivity index (χ4n) is 1.46. The molecule has 8 heteroatoms. The van der Waals surface area contributed by atoms with Crippen molar-refractivity contribution < 1.29 is 9.53 Å². The third-order valence-electron chi connectivity index (χ3n) is 2.32. The summed E-state index contributed by atoms with van der Waals surface area (Å²) in [6.07, 6.45) is 1.52. The second-order valence-electron chi connectivity index (χ2n) is 3.64. The second kappa shape index (κ2) is 6.49. The van der Waals surface area contributed by atoms with Crippen molar-refractivity contribution in [2.75, 3.05) is 18.3 Å². The van der Waals surface area contributed by atoms with Crippen LogP contribution in [0.15, 0.2) is 33.2 Å². The van der Waals surface area contributed by atoms with E-state index in [2.05, 4.69) is 31.4 Å². The zero-order chi connectivity index (χ0) is 14.5. The first-order valence-electron chi connectivity index (χ1n) is 5.48. The van der Waals surface area contributed by atoms with Gasteiger partial charge in [-0.15, -0.1) is 11.3 Å². The number of nitrogens with one attached hydrogen (secondary N) is 1. The summed E-state index contributed by atoms with van der Waals surface area (Å²) in [7, 11) is 1.33. The number of anilines is 2. The quantitative estimate of drug-likeness (QED) is 0.500. The molecule has 0 saturated heterocycles. The number of halogens is 1. The summed E-state index contributed by atoms with van der Waals surface area (Å²) in [5.41, 5.74) is 9.29. The summed E-state index contributed by atoms with van der Waals surface area (Å²) in [6, 6.07) is 5.33. The number of aromatic nitrogens is 1. The molecule has 0 aliphatic heterocycles. The van der Waals surface area contributed by atoms with E-state index in [1.54, 1.807) is 23.6 Å². The first-order chi connectivity index (χ1) is 9.61. The molecule has 0 aliphatic carbocycles. The number of methoxy groups -OCH3 is 1. The maximum absolute atomic E-state index is 11.7. The molecular formula is C12H11BrN4O2S. The first kappa shape index (κ1) is 14.5. The number of ether oxygens (including phenoxy) is 1. The number of carbonyl (C=O) groups is 1. The molecule has 0 radical (unpaired) electrons. The van der Waals surface area contributed by atoms with Gasteiger partial charge in [0.1, 0.15) is 5.82 Å². The van der Waals surface area contributed by atoms with Gasteiger partial charge in [0.2, 0.25) is 5.13 Å². The molecular weight excluding hydrogens is 344 g/mol. The number of hydrazone groups is 1. The van der Waals surface area contributed by atoms with Crippen LogP contribution in [0.1, 0.15) is 15.9 Å². The standard InChI is InChI=1S/C12H11BrN4O2S/c1-19-11(18)10-7(3-2-4-8(10)13)5-15-17-12-16-9(14)6-20-12/h2-6H,14H2,1H3,(H,16,17). The highest BCUT2D eigenvalue weighted by Gasteiger charge is 2.14. The summed E-state index contributed by atoms with van der Waals surface area (Å²) in [5.74, 6) is 0.00261. The predicted molar refractivity (Wildman–Crippen MR) is 83.2 cm³/mol. The van der Waals surface area contributed by atoms with Crippen LogP contribution in [0.2, 0.25) is 0 Å². The lowest BCUT2D eigenvalue weighted by Crippen LogP contribution is -2.07. The van der Waals surface area contributed by atoms with Crippen LogP contribution >= 0.6 is 27.3 Å². The number of nitrogens with zero attached hydrogens (tertiary/aromatic N) is 2. The van der Waals surface area contributed by atoms with Gasteiger partial charge in [0, 0.05) is 15.4 Å². The van der Waals surface area contributed by atoms with Crippen LogP contribution in [0.5, 0.6) is 0 Å². The van der Waals surface area contributed by atoms with Crippen LogP contribution in [0.4, 0.5) is 10.9 Å². The van der Waals surface area contributed by atoms with E-state index in [1.165, 1.54) is 24.7 Å². The Balaban J connectivity index is 2.20. The lowest BCUT2D eigenvalue weighted by Gasteiger charge is -2.05. The third-order valence-corrected chi connectivity index (χ3v) is 3.75. The molecule has 2 aromatic rings. The third kappa shape index (κ3) is 3.34. The van der Waals surface area contributed by atoms with Crippen molar-refractivity contribution in [2.24, 2.45) is 5.10 Å². The Hall–Kier alpha value is -1.93. The number of nitrogens with two attached hydrogens (primary N) is 1. The number of hydrogen-bond acceptors (Lipinski definition) is 7. The molecule has 0 saturated carbocycles. The maximum Gasteiger partial charge on any atom is 0.339 e. The maximum atomic E-state index is 11.7. The molecule has 6 nitrogen and oxygen atoms in total. The molecule has 0 aliphatic rings. The molecule has 0 bridgehead atoms. The van der Waals surface area contributed by atoms with Crippen LogP contribution in [0, 0.1) is 0 Å². The number of nitrogen functional groups attached to an aromatic ring is 1. The van der Waals surface area contributed by atoms with Crippen molar-refractivity contribution in [3.8, 4) is 0 Å². The summed E-state index contributed by atoms with van der Waals surface area (Å²) >= 11 is 4.66. The molecule has 3 N–H and O–H groups in total. The van der Waals surface area contributed by atoms with Gasteiger partial charge >= 0.3 is 5.97 Å². The highest BCUT2D eigenvalue weighted by atomic mass is 79.9. The lowest BCUT2D eigenvalue weighted by molar-refractivity contribution is 0.0599. The van der Waals surface area contributed by atoms with Crippen molar-refractivity contribution >= 4 is 50.4 Å².